The lowest BCUT2D eigenvalue weighted by Crippen LogP contribution is -2.64. The van der Waals surface area contributed by atoms with Crippen molar-refractivity contribution in [2.75, 3.05) is 14.7 Å². The Kier molecular flexibility index (Phi) is 9.28. The number of hydrogen-bond donors (Lipinski definition) is 0. The molecular weight excluding hydrogens is 989 g/mol. The van der Waals surface area contributed by atoms with Crippen LogP contribution in [0.25, 0.3) is 55.0 Å². The SMILES string of the molecule is c1ccc(N2c3cc4c(cc3B3c5ccccc5Sc5c3c2cc2c5c3ccccc3n2-c2ccccc2)B2c3ccccc3N(c3ccccc3)c3cc5c(c(c32)N4c2ccccc2)c2ccccc2n5-c2ccccc2)cc1. The molecule has 0 atom stereocenters. The summed E-state index contributed by atoms with van der Waals surface area (Å²) in [5.74, 6) is 0. The van der Waals surface area contributed by atoms with E-state index in [0.717, 1.165) is 34.0 Å². The molecule has 0 fully saturated rings. The van der Waals surface area contributed by atoms with Gasteiger partial charge in [-0.1, -0.05) is 187 Å². The Hall–Kier alpha value is -9.88. The predicted octanol–water partition coefficient (Wildman–Crippen LogP) is 14.7. The topological polar surface area (TPSA) is 19.6 Å². The highest BCUT2D eigenvalue weighted by atomic mass is 32.2. The van der Waals surface area contributed by atoms with Crippen LogP contribution in [0.15, 0.2) is 283 Å². The predicted molar refractivity (Wildman–Crippen MR) is 339 cm³/mol. The van der Waals surface area contributed by atoms with Gasteiger partial charge in [-0.25, -0.2) is 0 Å². The number of rotatable bonds is 5. The highest BCUT2D eigenvalue weighted by molar-refractivity contribution is 8.00. The Bertz CT molecular complexity index is 4890. The van der Waals surface area contributed by atoms with Gasteiger partial charge in [0.05, 0.1) is 27.8 Å². The van der Waals surface area contributed by atoms with E-state index in [1.807, 2.05) is 11.8 Å². The number of para-hydroxylation sites is 8. The van der Waals surface area contributed by atoms with Crippen molar-refractivity contribution in [3.63, 3.8) is 0 Å². The summed E-state index contributed by atoms with van der Waals surface area (Å²) < 4.78 is 4.98. The number of nitrogens with zero attached hydrogens (tertiary/aromatic N) is 5. The van der Waals surface area contributed by atoms with Crippen molar-refractivity contribution in [3.05, 3.63) is 273 Å². The van der Waals surface area contributed by atoms with E-state index in [9.17, 15) is 0 Å². The molecule has 8 heteroatoms. The molecule has 0 N–H and O–H groups in total. The number of anilines is 9. The second kappa shape index (κ2) is 16.8. The van der Waals surface area contributed by atoms with Crippen LogP contribution in [0.3, 0.4) is 0 Å². The second-order valence-corrected chi connectivity index (χ2v) is 22.6. The third-order valence-corrected chi connectivity index (χ3v) is 18.7. The Morgan fingerprint density at radius 2 is 0.700 bits per heavy atom. The fourth-order valence-electron chi connectivity index (χ4n) is 14.4. The van der Waals surface area contributed by atoms with E-state index in [1.54, 1.807) is 0 Å². The summed E-state index contributed by atoms with van der Waals surface area (Å²) in [6.45, 7) is -0.178. The molecule has 14 aromatic rings. The van der Waals surface area contributed by atoms with Crippen molar-refractivity contribution in [1.29, 1.82) is 0 Å². The van der Waals surface area contributed by atoms with Gasteiger partial charge in [-0.3, -0.25) is 0 Å². The maximum Gasteiger partial charge on any atom is 0.252 e. The molecule has 6 heterocycles. The fourth-order valence-corrected chi connectivity index (χ4v) is 15.7. The first-order valence-corrected chi connectivity index (χ1v) is 28.5. The van der Waals surface area contributed by atoms with Crippen molar-refractivity contribution in [1.82, 2.24) is 9.13 Å². The molecule has 0 bridgehead atoms. The van der Waals surface area contributed by atoms with E-state index >= 15 is 0 Å². The van der Waals surface area contributed by atoms with Crippen molar-refractivity contribution in [2.45, 2.75) is 9.79 Å². The lowest BCUT2D eigenvalue weighted by atomic mass is 9.30. The maximum atomic E-state index is 2.65. The van der Waals surface area contributed by atoms with Crippen LogP contribution in [-0.2, 0) is 0 Å². The van der Waals surface area contributed by atoms with Gasteiger partial charge < -0.3 is 23.8 Å². The first-order chi connectivity index (χ1) is 39.8. The van der Waals surface area contributed by atoms with Crippen LogP contribution in [0.4, 0.5) is 51.2 Å². The first kappa shape index (κ1) is 44.1. The molecule has 0 saturated carbocycles. The first-order valence-electron chi connectivity index (χ1n) is 27.7. The zero-order chi connectivity index (χ0) is 52.2. The van der Waals surface area contributed by atoms with E-state index in [-0.39, 0.29) is 13.4 Å². The lowest BCUT2D eigenvalue weighted by Gasteiger charge is -2.46. The van der Waals surface area contributed by atoms with Gasteiger partial charge in [0.25, 0.3) is 6.71 Å². The molecule has 4 aliphatic heterocycles. The Labute approximate surface area is 468 Å². The Morgan fingerprint density at radius 1 is 0.275 bits per heavy atom. The summed E-state index contributed by atoms with van der Waals surface area (Å²) >= 11 is 1.94. The summed E-state index contributed by atoms with van der Waals surface area (Å²) in [6, 6.07) is 102. The minimum absolute atomic E-state index is 0.0574. The van der Waals surface area contributed by atoms with Crippen molar-refractivity contribution in [3.8, 4) is 11.4 Å². The molecule has 2 aromatic heterocycles. The third-order valence-electron chi connectivity index (χ3n) is 17.5. The monoisotopic (exact) mass is 1030 g/mol. The summed E-state index contributed by atoms with van der Waals surface area (Å²) in [7, 11) is 0. The van der Waals surface area contributed by atoms with Crippen LogP contribution in [0.5, 0.6) is 0 Å². The van der Waals surface area contributed by atoms with E-state index in [1.165, 1.54) is 115 Å². The number of hydrogen-bond acceptors (Lipinski definition) is 4. The quantitative estimate of drug-likeness (QED) is 0.160. The smallest absolute Gasteiger partial charge is 0.252 e. The molecule has 0 unspecified atom stereocenters. The minimum Gasteiger partial charge on any atom is -0.311 e. The highest BCUT2D eigenvalue weighted by Crippen LogP contribution is 2.53. The van der Waals surface area contributed by atoms with E-state index in [0.29, 0.717) is 0 Å². The molecule has 0 spiro atoms. The molecule has 0 amide bonds. The van der Waals surface area contributed by atoms with Crippen molar-refractivity contribution < 1.29 is 0 Å². The maximum absolute atomic E-state index is 2.65. The molecule has 0 aliphatic carbocycles. The standard InChI is InChI=1S/C72H45B2N5S/c1-6-24-46(25-7-1)75-57-38-20-16-34-51(57)67-62(75)44-64-69-71(67)79(50-32-14-5-15-33-50)61-43-60-55(42-56(61)73(69)53-36-18-22-40-59(53)77(64)48-28-10-3-11-29-48)74-54-37-19-23-41-66(54)80-72-68-52-35-17-21-39-58(52)76(47-26-8-2-9-27-47)63(68)45-65(70(72)74)78(60)49-30-12-4-13-31-49/h1-45H. The molecule has 0 saturated heterocycles. The minimum atomic E-state index is -0.120. The van der Waals surface area contributed by atoms with Gasteiger partial charge in [0.1, 0.15) is 0 Å². The Balaban J connectivity index is 1.02. The van der Waals surface area contributed by atoms with Crippen molar-refractivity contribution in [2.24, 2.45) is 0 Å². The van der Waals surface area contributed by atoms with Gasteiger partial charge in [0.2, 0.25) is 6.71 Å². The van der Waals surface area contributed by atoms with Crippen LogP contribution in [0, 0.1) is 0 Å². The van der Waals surface area contributed by atoms with Crippen LogP contribution in [-0.4, -0.2) is 22.6 Å². The van der Waals surface area contributed by atoms with E-state index in [2.05, 4.69) is 297 Å². The zero-order valence-electron chi connectivity index (χ0n) is 43.3. The van der Waals surface area contributed by atoms with Gasteiger partial charge in [-0.2, -0.15) is 0 Å². The fraction of sp³-hybridized carbons (Fsp3) is 0. The average molecular weight is 1030 g/mol. The normalized spacial score (nSPS) is 13.6. The molecule has 370 valence electrons. The molecule has 12 aromatic carbocycles. The van der Waals surface area contributed by atoms with Gasteiger partial charge in [0.15, 0.2) is 0 Å². The molecule has 5 nitrogen and oxygen atoms in total. The molecule has 18 rings (SSSR count). The number of fused-ring (bicyclic) bond motifs is 16. The molecule has 4 aliphatic rings. The van der Waals surface area contributed by atoms with Gasteiger partial charge in [-0.15, -0.1) is 0 Å². The van der Waals surface area contributed by atoms with Crippen LogP contribution in [0.2, 0.25) is 0 Å². The van der Waals surface area contributed by atoms with Crippen LogP contribution >= 0.6 is 11.8 Å². The highest BCUT2D eigenvalue weighted by Gasteiger charge is 2.49. The van der Waals surface area contributed by atoms with Gasteiger partial charge in [0, 0.05) is 88.2 Å². The van der Waals surface area contributed by atoms with E-state index in [4.69, 9.17) is 0 Å². The molecule has 0 radical (unpaired) electrons. The van der Waals surface area contributed by atoms with Crippen molar-refractivity contribution >= 4 is 153 Å². The van der Waals surface area contributed by atoms with Gasteiger partial charge in [-0.05, 0) is 130 Å². The Morgan fingerprint density at radius 3 is 1.30 bits per heavy atom. The third kappa shape index (κ3) is 6.00. The second-order valence-electron chi connectivity index (χ2n) is 21.5. The largest absolute Gasteiger partial charge is 0.311 e. The number of benzene rings is 12. The van der Waals surface area contributed by atoms with Crippen LogP contribution in [0.1, 0.15) is 0 Å². The molecule has 80 heavy (non-hydrogen) atoms. The molecular formula is C72H45B2N5S. The van der Waals surface area contributed by atoms with Crippen LogP contribution < -0.4 is 47.5 Å². The van der Waals surface area contributed by atoms with Gasteiger partial charge >= 0.3 is 0 Å². The summed E-state index contributed by atoms with van der Waals surface area (Å²) in [4.78, 5) is 10.4. The van der Waals surface area contributed by atoms with E-state index < -0.39 is 0 Å². The number of aromatic nitrogens is 2. The lowest BCUT2D eigenvalue weighted by molar-refractivity contribution is 1.17. The zero-order valence-corrected chi connectivity index (χ0v) is 44.1. The summed E-state index contributed by atoms with van der Waals surface area (Å²) in [6.07, 6.45) is 0. The summed E-state index contributed by atoms with van der Waals surface area (Å²) in [5, 5.41) is 5.02. The summed E-state index contributed by atoms with van der Waals surface area (Å²) in [5.41, 5.74) is 25.4. The average Bonchev–Trinajstić information content (AvgIpc) is 3.78.